The average molecular weight is 682 g/mol. The number of carboxylic acid groups (broad SMARTS) is 1. The molecule has 0 aliphatic rings. The molecule has 266 valence electrons. The summed E-state index contributed by atoms with van der Waals surface area (Å²) >= 11 is 0. The zero-order valence-corrected chi connectivity index (χ0v) is 27.2. The van der Waals surface area contributed by atoms with E-state index in [1.54, 1.807) is 0 Å². The van der Waals surface area contributed by atoms with Crippen molar-refractivity contribution in [1.82, 2.24) is 10.6 Å². The molecule has 5 N–H and O–H groups in total. The van der Waals surface area contributed by atoms with Gasteiger partial charge in [-0.25, -0.2) is 4.79 Å². The van der Waals surface area contributed by atoms with Gasteiger partial charge >= 0.3 is 24.4 Å². The van der Waals surface area contributed by atoms with Gasteiger partial charge in [0.15, 0.2) is 12.4 Å². The molecule has 0 aromatic heterocycles. The first-order valence-corrected chi connectivity index (χ1v) is 15.0. The highest BCUT2D eigenvalue weighted by molar-refractivity contribution is 5.91. The molecule has 2 rings (SSSR count). The van der Waals surface area contributed by atoms with Crippen molar-refractivity contribution in [3.63, 3.8) is 0 Å². The Morgan fingerprint density at radius 3 is 1.79 bits per heavy atom. The van der Waals surface area contributed by atoms with Gasteiger partial charge in [-0.1, -0.05) is 82.5 Å². The number of nitrogens with two attached hydrogens (primary N) is 1. The van der Waals surface area contributed by atoms with Crippen LogP contribution in [0.15, 0.2) is 48.5 Å². The number of benzene rings is 2. The molecule has 0 bridgehead atoms. The van der Waals surface area contributed by atoms with Gasteiger partial charge in [0, 0.05) is 0 Å². The van der Waals surface area contributed by atoms with Gasteiger partial charge in [-0.2, -0.15) is 26.3 Å². The molecule has 2 aromatic rings. The number of hydrogen-bond acceptors (Lipinski definition) is 6. The van der Waals surface area contributed by atoms with Crippen LogP contribution < -0.4 is 16.4 Å². The first-order chi connectivity index (χ1) is 22.1. The van der Waals surface area contributed by atoms with E-state index in [9.17, 15) is 45.5 Å². The molecule has 0 spiro atoms. The third kappa shape index (κ3) is 19.9. The number of alkyl halides is 6. The molecule has 0 aliphatic heterocycles. The van der Waals surface area contributed by atoms with Crippen molar-refractivity contribution in [2.24, 2.45) is 5.73 Å². The second-order valence-electron chi connectivity index (χ2n) is 9.22. The van der Waals surface area contributed by atoms with Crippen molar-refractivity contribution < 1.29 is 55.4 Å². The molecule has 2 aromatic carbocycles. The van der Waals surface area contributed by atoms with Crippen molar-refractivity contribution in [3.05, 3.63) is 70.8 Å². The SMILES string of the molecule is CC.CC.Cc1ccccc1.NCCCCC[C@H](NC(=O)O)C(=O)NCC(=O)COC(=O)Cc1c(C(F)(F)F)cccc1C(F)(F)F. The second kappa shape index (κ2) is 24.1. The number of Topliss-reactive ketones (excluding diaryl/α,β-unsaturated/α-hetero) is 1. The fourth-order valence-electron chi connectivity index (χ4n) is 3.65. The summed E-state index contributed by atoms with van der Waals surface area (Å²) in [4.78, 5) is 46.9. The minimum atomic E-state index is -5.18. The van der Waals surface area contributed by atoms with E-state index in [-0.39, 0.29) is 6.42 Å². The number of unbranched alkanes of at least 4 members (excludes halogenated alkanes) is 2. The van der Waals surface area contributed by atoms with E-state index in [1.165, 1.54) is 5.56 Å². The van der Waals surface area contributed by atoms with Crippen LogP contribution in [0.5, 0.6) is 0 Å². The predicted molar refractivity (Wildman–Crippen MR) is 165 cm³/mol. The summed E-state index contributed by atoms with van der Waals surface area (Å²) < 4.78 is 83.4. The van der Waals surface area contributed by atoms with E-state index < -0.39 is 78.4 Å². The van der Waals surface area contributed by atoms with Crippen molar-refractivity contribution in [3.8, 4) is 0 Å². The van der Waals surface area contributed by atoms with E-state index in [0.29, 0.717) is 44.0 Å². The van der Waals surface area contributed by atoms with Gasteiger partial charge in [-0.05, 0) is 44.0 Å². The predicted octanol–water partition coefficient (Wildman–Crippen LogP) is 6.70. The maximum absolute atomic E-state index is 13.2. The fraction of sp³-hybridized carbons (Fsp3) is 0.500. The molecule has 0 saturated carbocycles. The summed E-state index contributed by atoms with van der Waals surface area (Å²) in [5.74, 6) is -3.31. The fourth-order valence-corrected chi connectivity index (χ4v) is 3.65. The van der Waals surface area contributed by atoms with Gasteiger partial charge in [-0.15, -0.1) is 0 Å². The van der Waals surface area contributed by atoms with E-state index in [1.807, 2.05) is 51.2 Å². The van der Waals surface area contributed by atoms with Gasteiger partial charge in [0.1, 0.15) is 6.04 Å². The van der Waals surface area contributed by atoms with E-state index >= 15 is 0 Å². The smallest absolute Gasteiger partial charge is 0.416 e. The Kier molecular flexibility index (Phi) is 23.1. The number of halogens is 6. The number of esters is 1. The number of ether oxygens (including phenoxy) is 1. The number of hydrogen-bond donors (Lipinski definition) is 4. The summed E-state index contributed by atoms with van der Waals surface area (Å²) in [6.45, 7) is 8.73. The monoisotopic (exact) mass is 681 g/mol. The summed E-state index contributed by atoms with van der Waals surface area (Å²) in [7, 11) is 0. The third-order valence-electron chi connectivity index (χ3n) is 5.71. The highest BCUT2D eigenvalue weighted by Gasteiger charge is 2.41. The minimum absolute atomic E-state index is 0.113. The number of rotatable bonds is 13. The van der Waals surface area contributed by atoms with Crippen LogP contribution in [-0.4, -0.2) is 54.6 Å². The Morgan fingerprint density at radius 2 is 1.36 bits per heavy atom. The Morgan fingerprint density at radius 1 is 0.830 bits per heavy atom. The highest BCUT2D eigenvalue weighted by Crippen LogP contribution is 2.39. The second-order valence-corrected chi connectivity index (χ2v) is 9.22. The van der Waals surface area contributed by atoms with Gasteiger partial charge in [0.05, 0.1) is 24.1 Å². The van der Waals surface area contributed by atoms with E-state index in [0.717, 1.165) is 0 Å². The van der Waals surface area contributed by atoms with Crippen LogP contribution in [0.4, 0.5) is 31.1 Å². The largest absolute Gasteiger partial charge is 0.465 e. The molecule has 0 fully saturated rings. The molecule has 0 radical (unpaired) electrons. The zero-order valence-electron chi connectivity index (χ0n) is 27.2. The minimum Gasteiger partial charge on any atom is -0.465 e. The van der Waals surface area contributed by atoms with Gasteiger partial charge < -0.3 is 26.2 Å². The first-order valence-electron chi connectivity index (χ1n) is 15.0. The van der Waals surface area contributed by atoms with E-state index in [4.69, 9.17) is 10.8 Å². The zero-order chi connectivity index (χ0) is 36.6. The summed E-state index contributed by atoms with van der Waals surface area (Å²) in [5.41, 5.74) is 1.98. The van der Waals surface area contributed by atoms with Crippen molar-refractivity contribution >= 4 is 23.8 Å². The Hall–Kier alpha value is -4.14. The van der Waals surface area contributed by atoms with Crippen LogP contribution in [0.1, 0.15) is 75.6 Å². The molecule has 1 atom stereocenters. The van der Waals surface area contributed by atoms with Crippen LogP contribution in [-0.2, 0) is 37.9 Å². The molecule has 2 amide bonds. The molecular formula is C32H45F6N3O6. The molecule has 0 unspecified atom stereocenters. The lowest BCUT2D eigenvalue weighted by molar-refractivity contribution is -0.149. The standard InChI is InChI=1S/C21H25F6N3O6.C7H8.2C2H6/c22-20(23,24)14-5-4-6-15(21(25,26)27)13(14)9-17(32)36-11-12(31)10-29-18(33)16(30-19(34)35)7-2-1-3-8-28;1-7-5-3-2-4-6-7;2*1-2/h4-6,16,30H,1-3,7-11,28H2,(H,29,33)(H,34,35);2-6H,1H3;2*1-2H3/t16-;;;/m0.../s1. The van der Waals surface area contributed by atoms with Crippen LogP contribution in [0.2, 0.25) is 0 Å². The normalized spacial score (nSPS) is 11.1. The Balaban J connectivity index is 0. The third-order valence-corrected chi connectivity index (χ3v) is 5.71. The lowest BCUT2D eigenvalue weighted by Gasteiger charge is -2.18. The Labute approximate surface area is 271 Å². The van der Waals surface area contributed by atoms with Crippen LogP contribution in [0, 0.1) is 6.92 Å². The van der Waals surface area contributed by atoms with Gasteiger partial charge in [0.25, 0.3) is 0 Å². The van der Waals surface area contributed by atoms with Crippen molar-refractivity contribution in [1.29, 1.82) is 0 Å². The van der Waals surface area contributed by atoms with Crippen LogP contribution in [0.3, 0.4) is 0 Å². The van der Waals surface area contributed by atoms with Gasteiger partial charge in [0.2, 0.25) is 5.91 Å². The molecule has 15 heteroatoms. The summed E-state index contributed by atoms with van der Waals surface area (Å²) in [6.07, 6.45) is -11.4. The number of carbonyl (C=O) groups excluding carboxylic acids is 3. The quantitative estimate of drug-likeness (QED) is 0.105. The molecule has 0 saturated heterocycles. The number of nitrogens with one attached hydrogen (secondary N) is 2. The van der Waals surface area contributed by atoms with Crippen molar-refractivity contribution in [2.75, 3.05) is 19.7 Å². The Bertz CT molecular complexity index is 1180. The van der Waals surface area contributed by atoms with Crippen molar-refractivity contribution in [2.45, 2.75) is 85.1 Å². The summed E-state index contributed by atoms with van der Waals surface area (Å²) in [5, 5.41) is 13.0. The van der Waals surface area contributed by atoms with Crippen LogP contribution in [0.25, 0.3) is 0 Å². The highest BCUT2D eigenvalue weighted by atomic mass is 19.4. The molecule has 0 aliphatic carbocycles. The maximum Gasteiger partial charge on any atom is 0.416 e. The molecule has 47 heavy (non-hydrogen) atoms. The summed E-state index contributed by atoms with van der Waals surface area (Å²) in [6, 6.07) is 10.4. The lowest BCUT2D eigenvalue weighted by Crippen LogP contribution is -2.47. The molecule has 0 heterocycles. The number of ketones is 1. The first kappa shape index (κ1) is 45.0. The maximum atomic E-state index is 13.2. The van der Waals surface area contributed by atoms with Gasteiger partial charge in [-0.3, -0.25) is 14.4 Å². The topological polar surface area (TPSA) is 148 Å². The number of amides is 2. The molecule has 9 nitrogen and oxygen atoms in total. The van der Waals surface area contributed by atoms with E-state index in [2.05, 4.69) is 29.1 Å². The molecular weight excluding hydrogens is 636 g/mol. The average Bonchev–Trinajstić information content (AvgIpc) is 3.02. The number of carbonyl (C=O) groups is 4. The van der Waals surface area contributed by atoms with Crippen LogP contribution >= 0.6 is 0 Å². The number of aryl methyl sites for hydroxylation is 1. The lowest BCUT2D eigenvalue weighted by atomic mass is 9.97.